The van der Waals surface area contributed by atoms with Gasteiger partial charge in [0.05, 0.1) is 7.11 Å². The zero-order valence-electron chi connectivity index (χ0n) is 8.45. The maximum Gasteiger partial charge on any atom is 0.179 e. The van der Waals surface area contributed by atoms with Crippen LogP contribution in [0.2, 0.25) is 0 Å². The molecule has 0 aliphatic carbocycles. The largest absolute Gasteiger partial charge is 0.495 e. The Morgan fingerprint density at radius 2 is 2.07 bits per heavy atom. The van der Waals surface area contributed by atoms with Crippen LogP contribution in [0.5, 0.6) is 5.75 Å². The lowest BCUT2D eigenvalue weighted by molar-refractivity contribution is 0.395. The Bertz CT molecular complexity index is 470. The van der Waals surface area contributed by atoms with E-state index in [0.717, 1.165) is 18.4 Å². The molecule has 0 spiro atoms. The van der Waals surface area contributed by atoms with E-state index in [2.05, 4.69) is 0 Å². The van der Waals surface area contributed by atoms with Crippen molar-refractivity contribution >= 4 is 9.84 Å². The van der Waals surface area contributed by atoms with Gasteiger partial charge >= 0.3 is 0 Å². The number of sulfone groups is 1. The molecule has 4 nitrogen and oxygen atoms in total. The fourth-order valence-electron chi connectivity index (χ4n) is 1.28. The summed E-state index contributed by atoms with van der Waals surface area (Å²) in [6.45, 7) is 0.0173. The minimum atomic E-state index is -3.52. The zero-order valence-corrected chi connectivity index (χ0v) is 9.27. The molecule has 0 radical (unpaired) electrons. The molecule has 0 bridgehead atoms. The van der Waals surface area contributed by atoms with Crippen LogP contribution in [0.15, 0.2) is 17.0 Å². The van der Waals surface area contributed by atoms with Gasteiger partial charge in [-0.2, -0.15) is 0 Å². The molecule has 0 aromatic heterocycles. The molecule has 1 aromatic carbocycles. The van der Waals surface area contributed by atoms with Gasteiger partial charge < -0.3 is 10.5 Å². The summed E-state index contributed by atoms with van der Waals surface area (Å²) in [6.07, 6.45) is 0.991. The number of hydrogen-bond donors (Lipinski definition) is 1. The van der Waals surface area contributed by atoms with Gasteiger partial charge in [-0.15, -0.1) is 0 Å². The second-order valence-electron chi connectivity index (χ2n) is 3.07. The van der Waals surface area contributed by atoms with Crippen LogP contribution in [0.3, 0.4) is 0 Å². The highest BCUT2D eigenvalue weighted by Crippen LogP contribution is 2.28. The van der Waals surface area contributed by atoms with Gasteiger partial charge in [-0.1, -0.05) is 0 Å². The van der Waals surface area contributed by atoms with Gasteiger partial charge in [0, 0.05) is 18.4 Å². The Morgan fingerprint density at radius 3 is 2.47 bits per heavy atom. The van der Waals surface area contributed by atoms with Crippen LogP contribution in [0.25, 0.3) is 0 Å². The minimum Gasteiger partial charge on any atom is -0.495 e. The van der Waals surface area contributed by atoms with Crippen molar-refractivity contribution in [1.82, 2.24) is 0 Å². The lowest BCUT2D eigenvalue weighted by atomic mass is 10.2. The lowest BCUT2D eigenvalue weighted by Crippen LogP contribution is -2.07. The normalized spacial score (nSPS) is 11.5. The predicted molar refractivity (Wildman–Crippen MR) is 54.0 cm³/mol. The molecule has 0 fully saturated rings. The molecular weight excluding hydrogens is 221 g/mol. The molecule has 0 atom stereocenters. The highest BCUT2D eigenvalue weighted by molar-refractivity contribution is 7.90. The van der Waals surface area contributed by atoms with Gasteiger partial charge in [0.2, 0.25) is 0 Å². The van der Waals surface area contributed by atoms with Crippen molar-refractivity contribution in [2.45, 2.75) is 11.4 Å². The Kier molecular flexibility index (Phi) is 3.31. The quantitative estimate of drug-likeness (QED) is 0.834. The highest BCUT2D eigenvalue weighted by Gasteiger charge is 2.18. The minimum absolute atomic E-state index is 0.0173. The van der Waals surface area contributed by atoms with Crippen LogP contribution in [-0.2, 0) is 16.4 Å². The maximum absolute atomic E-state index is 13.1. The van der Waals surface area contributed by atoms with Crippen molar-refractivity contribution < 1.29 is 17.5 Å². The topological polar surface area (TPSA) is 69.4 Å². The maximum atomic E-state index is 13.1. The Labute approximate surface area is 87.8 Å². The molecule has 0 saturated carbocycles. The highest BCUT2D eigenvalue weighted by atomic mass is 32.2. The van der Waals surface area contributed by atoms with E-state index in [4.69, 9.17) is 10.5 Å². The van der Waals surface area contributed by atoms with Gasteiger partial charge in [-0.05, 0) is 12.1 Å². The lowest BCUT2D eigenvalue weighted by Gasteiger charge is -2.11. The third-order valence-corrected chi connectivity index (χ3v) is 3.02. The van der Waals surface area contributed by atoms with Crippen molar-refractivity contribution in [3.8, 4) is 5.75 Å². The van der Waals surface area contributed by atoms with E-state index in [9.17, 15) is 12.8 Å². The van der Waals surface area contributed by atoms with Crippen molar-refractivity contribution in [3.63, 3.8) is 0 Å². The summed E-state index contributed by atoms with van der Waals surface area (Å²) in [5, 5.41) is 0. The van der Waals surface area contributed by atoms with Gasteiger partial charge in [-0.25, -0.2) is 12.8 Å². The SMILES string of the molecule is COc1c(CN)cc(F)cc1S(C)(=O)=O. The molecule has 0 heterocycles. The molecule has 84 valence electrons. The summed E-state index contributed by atoms with van der Waals surface area (Å²) in [6, 6.07) is 2.08. The molecule has 1 rings (SSSR count). The summed E-state index contributed by atoms with van der Waals surface area (Å²) in [5.74, 6) is -0.530. The van der Waals surface area contributed by atoms with Crippen molar-refractivity contribution in [2.24, 2.45) is 5.73 Å². The number of methoxy groups -OCH3 is 1. The van der Waals surface area contributed by atoms with Gasteiger partial charge in [-0.3, -0.25) is 0 Å². The predicted octanol–water partition coefficient (Wildman–Crippen LogP) is 0.697. The van der Waals surface area contributed by atoms with E-state index in [1.807, 2.05) is 0 Å². The standard InChI is InChI=1S/C9H12FNO3S/c1-14-9-6(5-11)3-7(10)4-8(9)15(2,12)13/h3-4H,5,11H2,1-2H3. The Hall–Kier alpha value is -1.14. The second kappa shape index (κ2) is 4.16. The first-order chi connectivity index (χ1) is 6.90. The monoisotopic (exact) mass is 233 g/mol. The molecule has 0 aliphatic heterocycles. The summed E-state index contributed by atoms with van der Waals surface area (Å²) in [7, 11) is -2.20. The Balaban J connectivity index is 3.57. The first-order valence-electron chi connectivity index (χ1n) is 4.16. The first-order valence-corrected chi connectivity index (χ1v) is 6.05. The first kappa shape index (κ1) is 11.9. The van der Waals surface area contributed by atoms with Crippen LogP contribution in [0.1, 0.15) is 5.56 Å². The summed E-state index contributed by atoms with van der Waals surface area (Å²) in [5.41, 5.74) is 5.70. The molecule has 15 heavy (non-hydrogen) atoms. The average molecular weight is 233 g/mol. The van der Waals surface area contributed by atoms with Gasteiger partial charge in [0.1, 0.15) is 16.5 Å². The molecule has 0 unspecified atom stereocenters. The summed E-state index contributed by atoms with van der Waals surface area (Å²) >= 11 is 0. The van der Waals surface area contributed by atoms with Gasteiger partial charge in [0.25, 0.3) is 0 Å². The van der Waals surface area contributed by atoms with Crippen LogP contribution in [0.4, 0.5) is 4.39 Å². The fourth-order valence-corrected chi connectivity index (χ4v) is 2.16. The summed E-state index contributed by atoms with van der Waals surface area (Å²) in [4.78, 5) is -0.176. The number of nitrogens with two attached hydrogens (primary N) is 1. The van der Waals surface area contributed by atoms with E-state index in [1.165, 1.54) is 7.11 Å². The zero-order chi connectivity index (χ0) is 11.6. The molecule has 0 aliphatic rings. The smallest absolute Gasteiger partial charge is 0.179 e. The Morgan fingerprint density at radius 1 is 1.47 bits per heavy atom. The number of ether oxygens (including phenoxy) is 1. The van der Waals surface area contributed by atoms with Gasteiger partial charge in [0.15, 0.2) is 9.84 Å². The average Bonchev–Trinajstić information content (AvgIpc) is 2.15. The van der Waals surface area contributed by atoms with Crippen LogP contribution >= 0.6 is 0 Å². The molecule has 1 aromatic rings. The molecule has 0 amide bonds. The molecule has 2 N–H and O–H groups in total. The van der Waals surface area contributed by atoms with E-state index in [-0.39, 0.29) is 17.2 Å². The van der Waals surface area contributed by atoms with Crippen molar-refractivity contribution in [2.75, 3.05) is 13.4 Å². The number of rotatable bonds is 3. The third kappa shape index (κ3) is 2.45. The third-order valence-electron chi connectivity index (χ3n) is 1.92. The van der Waals surface area contributed by atoms with E-state index in [1.54, 1.807) is 0 Å². The summed E-state index contributed by atoms with van der Waals surface area (Å²) < 4.78 is 40.7. The van der Waals surface area contributed by atoms with E-state index >= 15 is 0 Å². The van der Waals surface area contributed by atoms with Crippen LogP contribution < -0.4 is 10.5 Å². The molecular formula is C9H12FNO3S. The second-order valence-corrected chi connectivity index (χ2v) is 5.06. The van der Waals surface area contributed by atoms with Crippen molar-refractivity contribution in [1.29, 1.82) is 0 Å². The fraction of sp³-hybridized carbons (Fsp3) is 0.333. The number of benzene rings is 1. The van der Waals surface area contributed by atoms with E-state index in [0.29, 0.717) is 5.56 Å². The van der Waals surface area contributed by atoms with Crippen LogP contribution in [0, 0.1) is 5.82 Å². The van der Waals surface area contributed by atoms with Crippen LogP contribution in [-0.4, -0.2) is 21.8 Å². The molecule has 0 saturated heterocycles. The van der Waals surface area contributed by atoms with E-state index < -0.39 is 15.7 Å². The van der Waals surface area contributed by atoms with Crippen molar-refractivity contribution in [3.05, 3.63) is 23.5 Å². The number of hydrogen-bond acceptors (Lipinski definition) is 4. The molecule has 6 heteroatoms. The number of halogens is 1.